The van der Waals surface area contributed by atoms with Crippen LogP contribution in [0.25, 0.3) is 11.0 Å². The Morgan fingerprint density at radius 2 is 1.60 bits per heavy atom. The molecule has 3 aromatic carbocycles. The van der Waals surface area contributed by atoms with E-state index in [2.05, 4.69) is 9.88 Å². The number of carbonyl (C=O) groups is 1. The van der Waals surface area contributed by atoms with E-state index in [1.807, 2.05) is 54.6 Å². The van der Waals surface area contributed by atoms with Crippen LogP contribution < -0.4 is 5.32 Å². The lowest BCUT2D eigenvalue weighted by Crippen LogP contribution is -2.26. The van der Waals surface area contributed by atoms with Crippen molar-refractivity contribution in [1.29, 1.82) is 0 Å². The van der Waals surface area contributed by atoms with Crippen molar-refractivity contribution in [3.05, 3.63) is 102 Å². The lowest BCUT2D eigenvalue weighted by Gasteiger charge is -2.10. The zero-order valence-electron chi connectivity index (χ0n) is 16.7. The quantitative estimate of drug-likeness (QED) is 0.472. The third-order valence-corrected chi connectivity index (χ3v) is 5.14. The number of aromatic nitrogens is 2. The molecule has 0 spiro atoms. The van der Waals surface area contributed by atoms with Crippen molar-refractivity contribution < 1.29 is 9.18 Å². The van der Waals surface area contributed by atoms with Crippen molar-refractivity contribution in [3.63, 3.8) is 0 Å². The summed E-state index contributed by atoms with van der Waals surface area (Å²) in [5, 5.41) is 3.00. The van der Waals surface area contributed by atoms with E-state index in [1.165, 1.54) is 12.1 Å². The first-order chi connectivity index (χ1) is 14.7. The van der Waals surface area contributed by atoms with Crippen LogP contribution >= 0.6 is 0 Å². The minimum absolute atomic E-state index is 0.0417. The molecule has 0 radical (unpaired) electrons. The summed E-state index contributed by atoms with van der Waals surface area (Å²) in [4.78, 5) is 17.0. The number of nitrogens with one attached hydrogen (secondary N) is 1. The summed E-state index contributed by atoms with van der Waals surface area (Å²) in [6, 6.07) is 24.5. The maximum absolute atomic E-state index is 13.3. The van der Waals surface area contributed by atoms with Crippen molar-refractivity contribution in [2.45, 2.75) is 25.8 Å². The van der Waals surface area contributed by atoms with Crippen LogP contribution in [0.2, 0.25) is 0 Å². The Labute approximate surface area is 175 Å². The van der Waals surface area contributed by atoms with Gasteiger partial charge in [-0.1, -0.05) is 54.6 Å². The van der Waals surface area contributed by atoms with Gasteiger partial charge in [0.2, 0.25) is 5.91 Å². The second-order valence-corrected chi connectivity index (χ2v) is 7.31. The van der Waals surface area contributed by atoms with E-state index in [1.54, 1.807) is 12.1 Å². The molecule has 1 N–H and O–H groups in total. The number of fused-ring (bicyclic) bond motifs is 1. The molecular weight excluding hydrogens is 377 g/mol. The monoisotopic (exact) mass is 401 g/mol. The maximum Gasteiger partial charge on any atom is 0.220 e. The van der Waals surface area contributed by atoms with Crippen molar-refractivity contribution in [1.82, 2.24) is 14.9 Å². The Morgan fingerprint density at radius 1 is 0.867 bits per heavy atom. The molecule has 0 aliphatic rings. The van der Waals surface area contributed by atoms with Gasteiger partial charge in [-0.15, -0.1) is 0 Å². The fraction of sp³-hybridized carbons (Fsp3) is 0.200. The summed E-state index contributed by atoms with van der Waals surface area (Å²) >= 11 is 0. The van der Waals surface area contributed by atoms with Gasteiger partial charge in [-0.05, 0) is 41.8 Å². The van der Waals surface area contributed by atoms with Gasteiger partial charge in [-0.2, -0.15) is 0 Å². The van der Waals surface area contributed by atoms with Crippen LogP contribution in [0, 0.1) is 5.82 Å². The van der Waals surface area contributed by atoms with E-state index in [4.69, 9.17) is 4.98 Å². The molecule has 4 aromatic rings. The second kappa shape index (κ2) is 9.35. The predicted octanol–water partition coefficient (Wildman–Crippen LogP) is 4.52. The topological polar surface area (TPSA) is 46.9 Å². The smallest absolute Gasteiger partial charge is 0.220 e. The molecule has 0 aliphatic heterocycles. The fourth-order valence-corrected chi connectivity index (χ4v) is 3.57. The van der Waals surface area contributed by atoms with Gasteiger partial charge in [-0.25, -0.2) is 9.37 Å². The predicted molar refractivity (Wildman–Crippen MR) is 117 cm³/mol. The molecule has 0 aliphatic carbocycles. The molecule has 0 saturated heterocycles. The summed E-state index contributed by atoms with van der Waals surface area (Å²) in [6.45, 7) is 1.14. The number of benzene rings is 3. The molecule has 1 heterocycles. The summed E-state index contributed by atoms with van der Waals surface area (Å²) in [5.41, 5.74) is 4.12. The number of imidazole rings is 1. The van der Waals surface area contributed by atoms with Crippen LogP contribution in [-0.4, -0.2) is 22.0 Å². The van der Waals surface area contributed by atoms with Crippen LogP contribution in [0.4, 0.5) is 4.39 Å². The Hall–Kier alpha value is -3.47. The zero-order valence-corrected chi connectivity index (χ0v) is 16.7. The number of rotatable bonds is 8. The van der Waals surface area contributed by atoms with Crippen LogP contribution in [0.15, 0.2) is 78.9 Å². The van der Waals surface area contributed by atoms with E-state index in [-0.39, 0.29) is 11.7 Å². The van der Waals surface area contributed by atoms with Crippen molar-refractivity contribution in [2.75, 3.05) is 6.54 Å². The molecule has 1 aromatic heterocycles. The lowest BCUT2D eigenvalue weighted by atomic mass is 10.1. The highest BCUT2D eigenvalue weighted by Gasteiger charge is 2.11. The number of hydrogen-bond acceptors (Lipinski definition) is 2. The number of para-hydroxylation sites is 2. The Morgan fingerprint density at radius 3 is 2.40 bits per heavy atom. The zero-order chi connectivity index (χ0) is 20.8. The van der Waals surface area contributed by atoms with E-state index in [9.17, 15) is 9.18 Å². The van der Waals surface area contributed by atoms with E-state index >= 15 is 0 Å². The average molecular weight is 401 g/mol. The second-order valence-electron chi connectivity index (χ2n) is 7.31. The minimum Gasteiger partial charge on any atom is -0.356 e. The largest absolute Gasteiger partial charge is 0.356 e. The van der Waals surface area contributed by atoms with Crippen LogP contribution in [0.3, 0.4) is 0 Å². The third-order valence-electron chi connectivity index (χ3n) is 5.14. The highest BCUT2D eigenvalue weighted by Crippen LogP contribution is 2.18. The maximum atomic E-state index is 13.3. The van der Waals surface area contributed by atoms with E-state index < -0.39 is 0 Å². The Bertz CT molecular complexity index is 1120. The number of nitrogens with zero attached hydrogens (tertiary/aromatic N) is 2. The van der Waals surface area contributed by atoms with Crippen LogP contribution in [0.1, 0.15) is 23.4 Å². The fourth-order valence-electron chi connectivity index (χ4n) is 3.57. The highest BCUT2D eigenvalue weighted by molar-refractivity contribution is 5.77. The van der Waals surface area contributed by atoms with Gasteiger partial charge in [0, 0.05) is 25.9 Å². The number of halogens is 1. The Balaban J connectivity index is 1.40. The number of amides is 1. The van der Waals surface area contributed by atoms with Gasteiger partial charge in [-0.3, -0.25) is 4.79 Å². The molecule has 4 rings (SSSR count). The third kappa shape index (κ3) is 4.92. The molecule has 0 bridgehead atoms. The molecule has 152 valence electrons. The van der Waals surface area contributed by atoms with Crippen molar-refractivity contribution >= 4 is 16.9 Å². The molecule has 0 unspecified atom stereocenters. The first-order valence-electron chi connectivity index (χ1n) is 10.2. The molecular formula is C25H24FN3O. The normalized spacial score (nSPS) is 11.0. The summed E-state index contributed by atoms with van der Waals surface area (Å²) < 4.78 is 15.4. The summed E-state index contributed by atoms with van der Waals surface area (Å²) in [6.07, 6.45) is 1.83. The first-order valence-corrected chi connectivity index (χ1v) is 10.2. The molecule has 0 atom stereocenters. The van der Waals surface area contributed by atoms with Gasteiger partial charge in [0.1, 0.15) is 11.6 Å². The summed E-state index contributed by atoms with van der Waals surface area (Å²) in [5.74, 6) is 0.705. The van der Waals surface area contributed by atoms with Gasteiger partial charge >= 0.3 is 0 Å². The SMILES string of the molecule is O=C(CCc1ccccc1)NCCc1nc2ccccc2n1Cc1ccc(F)cc1. The minimum atomic E-state index is -0.243. The van der Waals surface area contributed by atoms with Crippen molar-refractivity contribution in [2.24, 2.45) is 0 Å². The molecule has 5 heteroatoms. The van der Waals surface area contributed by atoms with E-state index in [0.29, 0.717) is 25.9 Å². The van der Waals surface area contributed by atoms with Gasteiger partial charge in [0.15, 0.2) is 0 Å². The lowest BCUT2D eigenvalue weighted by molar-refractivity contribution is -0.121. The van der Waals surface area contributed by atoms with Gasteiger partial charge in [0.05, 0.1) is 11.0 Å². The van der Waals surface area contributed by atoms with Gasteiger partial charge in [0.25, 0.3) is 0 Å². The summed E-state index contributed by atoms with van der Waals surface area (Å²) in [7, 11) is 0. The highest BCUT2D eigenvalue weighted by atomic mass is 19.1. The van der Waals surface area contributed by atoms with Crippen LogP contribution in [-0.2, 0) is 24.2 Å². The molecule has 0 saturated carbocycles. The van der Waals surface area contributed by atoms with Crippen LogP contribution in [0.5, 0.6) is 0 Å². The standard InChI is InChI=1S/C25H24FN3O/c26-21-13-10-20(11-14-21)18-29-23-9-5-4-8-22(23)28-24(29)16-17-27-25(30)15-12-19-6-2-1-3-7-19/h1-11,13-14H,12,15-18H2,(H,27,30). The average Bonchev–Trinajstić information content (AvgIpc) is 3.12. The molecule has 1 amide bonds. The number of carbonyl (C=O) groups excluding carboxylic acids is 1. The molecule has 0 fully saturated rings. The number of aryl methyl sites for hydroxylation is 1. The van der Waals surface area contributed by atoms with Gasteiger partial charge < -0.3 is 9.88 Å². The van der Waals surface area contributed by atoms with Crippen molar-refractivity contribution in [3.8, 4) is 0 Å². The van der Waals surface area contributed by atoms with E-state index in [0.717, 1.165) is 34.4 Å². The molecule has 4 nitrogen and oxygen atoms in total. The Kier molecular flexibility index (Phi) is 6.18. The molecule has 30 heavy (non-hydrogen) atoms. The first kappa shape index (κ1) is 19.8. The number of hydrogen-bond donors (Lipinski definition) is 1.